The normalized spacial score (nSPS) is 10.9. The van der Waals surface area contributed by atoms with Gasteiger partial charge >= 0.3 is 0 Å². The lowest BCUT2D eigenvalue weighted by molar-refractivity contribution is 0.583. The molecule has 0 saturated heterocycles. The molecule has 0 spiro atoms. The molecule has 0 amide bonds. The Morgan fingerprint density at radius 3 is 2.79 bits per heavy atom. The van der Waals surface area contributed by atoms with Crippen LogP contribution in [0.2, 0.25) is 0 Å². The van der Waals surface area contributed by atoms with E-state index < -0.39 is 10.2 Å². The summed E-state index contributed by atoms with van der Waals surface area (Å²) >= 11 is 0. The van der Waals surface area contributed by atoms with Gasteiger partial charge in [0.1, 0.15) is 0 Å². The van der Waals surface area contributed by atoms with Crippen LogP contribution < -0.4 is 9.86 Å². The van der Waals surface area contributed by atoms with Crippen LogP contribution in [0.4, 0.5) is 0 Å². The summed E-state index contributed by atoms with van der Waals surface area (Å²) in [6, 6.07) is 8.58. The molecule has 0 aliphatic carbocycles. The standard InChI is InChI=1S/C8H9N3O2S/c9-5-7-2-1-3-8(4-7)6-11-14(10,12)13/h1-4,11H,6H2,(H2,10,12,13). The van der Waals surface area contributed by atoms with E-state index in [-0.39, 0.29) is 6.54 Å². The van der Waals surface area contributed by atoms with Crippen LogP contribution in [0, 0.1) is 11.3 Å². The molecule has 0 fully saturated rings. The van der Waals surface area contributed by atoms with E-state index in [1.807, 2.05) is 6.07 Å². The van der Waals surface area contributed by atoms with E-state index in [2.05, 4.69) is 4.72 Å². The number of benzene rings is 1. The average Bonchev–Trinajstić information content (AvgIpc) is 2.14. The van der Waals surface area contributed by atoms with Crippen LogP contribution in [-0.2, 0) is 16.8 Å². The molecule has 1 rings (SSSR count). The molecule has 0 unspecified atom stereocenters. The van der Waals surface area contributed by atoms with Gasteiger partial charge in [-0.3, -0.25) is 0 Å². The quantitative estimate of drug-likeness (QED) is 0.727. The van der Waals surface area contributed by atoms with Crippen LogP contribution in [0.25, 0.3) is 0 Å². The van der Waals surface area contributed by atoms with Gasteiger partial charge in [0.05, 0.1) is 11.6 Å². The highest BCUT2D eigenvalue weighted by Gasteiger charge is 2.01. The minimum absolute atomic E-state index is 0.0916. The molecule has 0 bridgehead atoms. The Balaban J connectivity index is 2.74. The van der Waals surface area contributed by atoms with Gasteiger partial charge in [-0.2, -0.15) is 18.4 Å². The average molecular weight is 211 g/mol. The van der Waals surface area contributed by atoms with Gasteiger partial charge in [-0.25, -0.2) is 5.14 Å². The first-order chi connectivity index (χ1) is 6.51. The molecule has 74 valence electrons. The molecule has 14 heavy (non-hydrogen) atoms. The Kier molecular flexibility index (Phi) is 3.19. The van der Waals surface area contributed by atoms with Gasteiger partial charge < -0.3 is 0 Å². The predicted molar refractivity (Wildman–Crippen MR) is 51.1 cm³/mol. The first-order valence-electron chi connectivity index (χ1n) is 3.78. The largest absolute Gasteiger partial charge is 0.274 e. The highest BCUT2D eigenvalue weighted by molar-refractivity contribution is 7.87. The lowest BCUT2D eigenvalue weighted by Gasteiger charge is -2.01. The highest BCUT2D eigenvalue weighted by atomic mass is 32.2. The fourth-order valence-electron chi connectivity index (χ4n) is 0.935. The molecule has 0 aromatic heterocycles. The lowest BCUT2D eigenvalue weighted by atomic mass is 10.1. The first kappa shape index (κ1) is 10.7. The Morgan fingerprint density at radius 1 is 1.50 bits per heavy atom. The maximum absolute atomic E-state index is 10.6. The minimum Gasteiger partial charge on any atom is -0.216 e. The van der Waals surface area contributed by atoms with Crippen molar-refractivity contribution >= 4 is 10.2 Å². The molecule has 0 atom stereocenters. The van der Waals surface area contributed by atoms with Crippen molar-refractivity contribution in [2.45, 2.75) is 6.54 Å². The van der Waals surface area contributed by atoms with Crippen LogP contribution in [0.15, 0.2) is 24.3 Å². The van der Waals surface area contributed by atoms with E-state index in [0.717, 1.165) is 0 Å². The Hall–Kier alpha value is -1.42. The fourth-order valence-corrected chi connectivity index (χ4v) is 1.30. The van der Waals surface area contributed by atoms with Gasteiger partial charge in [0, 0.05) is 6.54 Å². The summed E-state index contributed by atoms with van der Waals surface area (Å²) in [4.78, 5) is 0. The van der Waals surface area contributed by atoms with Crippen LogP contribution in [0.3, 0.4) is 0 Å². The molecule has 0 saturated carbocycles. The summed E-state index contributed by atoms with van der Waals surface area (Å²) in [5, 5.41) is 13.3. The van der Waals surface area contributed by atoms with Gasteiger partial charge in [0.2, 0.25) is 0 Å². The molecule has 0 aliphatic rings. The van der Waals surface area contributed by atoms with Crippen molar-refractivity contribution in [3.05, 3.63) is 35.4 Å². The van der Waals surface area contributed by atoms with Crippen molar-refractivity contribution in [3.8, 4) is 6.07 Å². The zero-order valence-electron chi connectivity index (χ0n) is 7.27. The summed E-state index contributed by atoms with van der Waals surface area (Å²) in [5.74, 6) is 0. The van der Waals surface area contributed by atoms with E-state index in [1.54, 1.807) is 24.3 Å². The van der Waals surface area contributed by atoms with E-state index in [4.69, 9.17) is 10.4 Å². The lowest BCUT2D eigenvalue weighted by Crippen LogP contribution is -2.30. The van der Waals surface area contributed by atoms with E-state index in [1.165, 1.54) is 0 Å². The van der Waals surface area contributed by atoms with Gasteiger partial charge in [-0.05, 0) is 17.7 Å². The van der Waals surface area contributed by atoms with E-state index >= 15 is 0 Å². The van der Waals surface area contributed by atoms with Crippen molar-refractivity contribution < 1.29 is 8.42 Å². The molecule has 0 radical (unpaired) electrons. The summed E-state index contributed by atoms with van der Waals surface area (Å²) in [6.07, 6.45) is 0. The molecule has 3 N–H and O–H groups in total. The van der Waals surface area contributed by atoms with Crippen molar-refractivity contribution in [2.75, 3.05) is 0 Å². The van der Waals surface area contributed by atoms with Gasteiger partial charge in [0.15, 0.2) is 0 Å². The highest BCUT2D eigenvalue weighted by Crippen LogP contribution is 2.03. The molecule has 6 heteroatoms. The number of nitrogens with one attached hydrogen (secondary N) is 1. The maximum Gasteiger partial charge on any atom is 0.274 e. The van der Waals surface area contributed by atoms with Crippen molar-refractivity contribution in [2.24, 2.45) is 5.14 Å². The number of nitrogens with two attached hydrogens (primary N) is 1. The Morgan fingerprint density at radius 2 is 2.21 bits per heavy atom. The van der Waals surface area contributed by atoms with Gasteiger partial charge in [-0.1, -0.05) is 12.1 Å². The van der Waals surface area contributed by atoms with Crippen molar-refractivity contribution in [3.63, 3.8) is 0 Å². The summed E-state index contributed by atoms with van der Waals surface area (Å²) in [6.45, 7) is 0.0916. The third-order valence-corrected chi connectivity index (χ3v) is 2.08. The summed E-state index contributed by atoms with van der Waals surface area (Å²) in [7, 11) is -3.67. The number of hydrogen-bond donors (Lipinski definition) is 2. The maximum atomic E-state index is 10.6. The molecular formula is C8H9N3O2S. The van der Waals surface area contributed by atoms with Crippen molar-refractivity contribution in [1.82, 2.24) is 4.72 Å². The van der Waals surface area contributed by atoms with Crippen molar-refractivity contribution in [1.29, 1.82) is 5.26 Å². The van der Waals surface area contributed by atoms with Gasteiger partial charge in [0.25, 0.3) is 10.2 Å². The molecule has 1 aromatic rings. The number of hydrogen-bond acceptors (Lipinski definition) is 3. The molecular weight excluding hydrogens is 202 g/mol. The van der Waals surface area contributed by atoms with Gasteiger partial charge in [-0.15, -0.1) is 0 Å². The molecule has 5 nitrogen and oxygen atoms in total. The van der Waals surface area contributed by atoms with Crippen LogP contribution in [-0.4, -0.2) is 8.42 Å². The first-order valence-corrected chi connectivity index (χ1v) is 5.32. The SMILES string of the molecule is N#Cc1cccc(CNS(N)(=O)=O)c1. The van der Waals surface area contributed by atoms with E-state index in [0.29, 0.717) is 11.1 Å². The fraction of sp³-hybridized carbons (Fsp3) is 0.125. The number of nitrogens with zero attached hydrogens (tertiary/aromatic N) is 1. The zero-order valence-corrected chi connectivity index (χ0v) is 8.08. The predicted octanol–water partition coefficient (Wildman–Crippen LogP) is -0.149. The van der Waals surface area contributed by atoms with Crippen LogP contribution in [0.1, 0.15) is 11.1 Å². The second-order valence-corrected chi connectivity index (χ2v) is 4.06. The van der Waals surface area contributed by atoms with Crippen LogP contribution >= 0.6 is 0 Å². The summed E-state index contributed by atoms with van der Waals surface area (Å²) < 4.78 is 23.3. The molecule has 0 heterocycles. The second-order valence-electron chi connectivity index (χ2n) is 2.68. The number of nitriles is 1. The van der Waals surface area contributed by atoms with Crippen LogP contribution in [0.5, 0.6) is 0 Å². The Bertz CT molecular complexity index is 462. The second kappa shape index (κ2) is 4.19. The third-order valence-electron chi connectivity index (χ3n) is 1.53. The monoisotopic (exact) mass is 211 g/mol. The smallest absolute Gasteiger partial charge is 0.216 e. The van der Waals surface area contributed by atoms with E-state index in [9.17, 15) is 8.42 Å². The third kappa shape index (κ3) is 3.53. The molecule has 0 aliphatic heterocycles. The topological polar surface area (TPSA) is 96.0 Å². The summed E-state index contributed by atoms with van der Waals surface area (Å²) in [5.41, 5.74) is 1.18. The Labute approximate surface area is 82.3 Å². The minimum atomic E-state index is -3.67. The molecule has 1 aromatic carbocycles. The zero-order chi connectivity index (χ0) is 10.6. The number of rotatable bonds is 3.